The van der Waals surface area contributed by atoms with Crippen LogP contribution in [0, 0.1) is 17.5 Å². The predicted octanol–water partition coefficient (Wildman–Crippen LogP) is 4.02. The Balaban J connectivity index is 1.76. The number of nitrogens with one attached hydrogen (secondary N) is 1. The van der Waals surface area contributed by atoms with Gasteiger partial charge in [-0.1, -0.05) is 30.0 Å². The maximum absolute atomic E-state index is 14.0. The summed E-state index contributed by atoms with van der Waals surface area (Å²) in [6.45, 7) is 1.57. The van der Waals surface area contributed by atoms with E-state index in [1.54, 1.807) is 36.7 Å². The van der Waals surface area contributed by atoms with Gasteiger partial charge in [0.05, 0.1) is 10.8 Å². The molecule has 0 fully saturated rings. The van der Waals surface area contributed by atoms with Gasteiger partial charge in [0.15, 0.2) is 11.0 Å². The molecule has 1 heterocycles. The van der Waals surface area contributed by atoms with Crippen LogP contribution in [0.15, 0.2) is 47.6 Å². The number of nitrogens with zero attached hydrogens (tertiary/aromatic N) is 3. The van der Waals surface area contributed by atoms with Gasteiger partial charge in [0.1, 0.15) is 23.1 Å². The lowest BCUT2D eigenvalue weighted by molar-refractivity contribution is -0.115. The second-order valence-corrected chi connectivity index (χ2v) is 7.00. The molecule has 9 heteroatoms. The predicted molar refractivity (Wildman–Crippen MR) is 96.7 cm³/mol. The average Bonchev–Trinajstić information content (AvgIpc) is 2.99. The SMILES string of the molecule is C[C@@H](Sc1nnc(-c2ccccc2F)n1C)C(=O)Nc1c(F)cccc1F. The van der Waals surface area contributed by atoms with Gasteiger partial charge in [-0.25, -0.2) is 13.2 Å². The fraction of sp³-hybridized carbons (Fsp3) is 0.167. The Morgan fingerprint density at radius 1 is 1.04 bits per heavy atom. The first-order valence-corrected chi connectivity index (χ1v) is 8.82. The summed E-state index contributed by atoms with van der Waals surface area (Å²) in [7, 11) is 1.64. The Labute approximate surface area is 157 Å². The highest BCUT2D eigenvalue weighted by Crippen LogP contribution is 2.28. The van der Waals surface area contributed by atoms with E-state index < -0.39 is 34.3 Å². The van der Waals surface area contributed by atoms with Crippen molar-refractivity contribution in [2.24, 2.45) is 7.05 Å². The summed E-state index contributed by atoms with van der Waals surface area (Å²) in [6, 6.07) is 9.46. The summed E-state index contributed by atoms with van der Waals surface area (Å²) in [5, 5.41) is 9.83. The molecule has 3 rings (SSSR count). The molecule has 0 saturated carbocycles. The van der Waals surface area contributed by atoms with Gasteiger partial charge in [-0.3, -0.25) is 4.79 Å². The molecule has 0 saturated heterocycles. The molecule has 0 spiro atoms. The molecule has 1 N–H and O–H groups in total. The summed E-state index contributed by atoms with van der Waals surface area (Å²) in [4.78, 5) is 12.3. The molecule has 140 valence electrons. The van der Waals surface area contributed by atoms with Gasteiger partial charge in [-0.15, -0.1) is 10.2 Å². The number of carbonyl (C=O) groups is 1. The maximum atomic E-state index is 14.0. The average molecular weight is 392 g/mol. The Bertz CT molecular complexity index is 972. The fourth-order valence-corrected chi connectivity index (χ4v) is 3.16. The molecule has 2 aromatic carbocycles. The molecular weight excluding hydrogens is 377 g/mol. The molecule has 0 radical (unpaired) electrons. The monoisotopic (exact) mass is 392 g/mol. The van der Waals surface area contributed by atoms with Gasteiger partial charge in [-0.2, -0.15) is 0 Å². The van der Waals surface area contributed by atoms with E-state index in [4.69, 9.17) is 0 Å². The minimum atomic E-state index is -0.860. The second-order valence-electron chi connectivity index (χ2n) is 5.69. The molecule has 0 aliphatic carbocycles. The number of carbonyl (C=O) groups excluding carboxylic acids is 1. The number of anilines is 1. The van der Waals surface area contributed by atoms with Gasteiger partial charge >= 0.3 is 0 Å². The number of hydrogen-bond acceptors (Lipinski definition) is 4. The lowest BCUT2D eigenvalue weighted by Gasteiger charge is -2.12. The number of halogens is 3. The van der Waals surface area contributed by atoms with E-state index in [1.165, 1.54) is 12.1 Å². The van der Waals surface area contributed by atoms with Crippen LogP contribution >= 0.6 is 11.8 Å². The third kappa shape index (κ3) is 3.97. The minimum absolute atomic E-state index is 0.282. The summed E-state index contributed by atoms with van der Waals surface area (Å²) in [6.07, 6.45) is 0. The van der Waals surface area contributed by atoms with Gasteiger partial charge in [-0.05, 0) is 31.2 Å². The second kappa shape index (κ2) is 7.83. The van der Waals surface area contributed by atoms with Gasteiger partial charge in [0.2, 0.25) is 5.91 Å². The van der Waals surface area contributed by atoms with Crippen LogP contribution < -0.4 is 5.32 Å². The molecule has 5 nitrogen and oxygen atoms in total. The van der Waals surface area contributed by atoms with Crippen LogP contribution in [0.1, 0.15) is 6.92 Å². The van der Waals surface area contributed by atoms with Crippen LogP contribution in [-0.4, -0.2) is 25.9 Å². The fourth-order valence-electron chi connectivity index (χ4n) is 2.35. The number of aromatic nitrogens is 3. The van der Waals surface area contributed by atoms with Crippen molar-refractivity contribution in [2.45, 2.75) is 17.3 Å². The molecule has 27 heavy (non-hydrogen) atoms. The number of hydrogen-bond donors (Lipinski definition) is 1. The van der Waals surface area contributed by atoms with Crippen molar-refractivity contribution in [3.63, 3.8) is 0 Å². The topological polar surface area (TPSA) is 59.8 Å². The van der Waals surface area contributed by atoms with Crippen molar-refractivity contribution in [2.75, 3.05) is 5.32 Å². The Morgan fingerprint density at radius 3 is 2.33 bits per heavy atom. The summed E-state index contributed by atoms with van der Waals surface area (Å²) < 4.78 is 42.8. The van der Waals surface area contributed by atoms with Crippen molar-refractivity contribution < 1.29 is 18.0 Å². The van der Waals surface area contributed by atoms with E-state index in [9.17, 15) is 18.0 Å². The van der Waals surface area contributed by atoms with Gasteiger partial charge in [0.25, 0.3) is 0 Å². The van der Waals surface area contributed by atoms with Crippen LogP contribution in [0.25, 0.3) is 11.4 Å². The summed E-state index contributed by atoms with van der Waals surface area (Å²) in [5.74, 6) is -2.45. The smallest absolute Gasteiger partial charge is 0.237 e. The van der Waals surface area contributed by atoms with E-state index in [-0.39, 0.29) is 5.56 Å². The molecule has 1 aromatic heterocycles. The van der Waals surface area contributed by atoms with Crippen LogP contribution in [-0.2, 0) is 11.8 Å². The van der Waals surface area contributed by atoms with Crippen LogP contribution in [0.5, 0.6) is 0 Å². The zero-order valence-corrected chi connectivity index (χ0v) is 15.2. The highest BCUT2D eigenvalue weighted by Gasteiger charge is 2.22. The Hall–Kier alpha value is -2.81. The van der Waals surface area contributed by atoms with E-state index in [0.717, 1.165) is 23.9 Å². The van der Waals surface area contributed by atoms with Crippen molar-refractivity contribution in [3.05, 3.63) is 59.9 Å². The highest BCUT2D eigenvalue weighted by atomic mass is 32.2. The zero-order valence-electron chi connectivity index (χ0n) is 14.4. The lowest BCUT2D eigenvalue weighted by atomic mass is 10.2. The molecule has 1 amide bonds. The van der Waals surface area contributed by atoms with Crippen molar-refractivity contribution in [3.8, 4) is 11.4 Å². The molecule has 0 bridgehead atoms. The number of rotatable bonds is 5. The van der Waals surface area contributed by atoms with Gasteiger partial charge in [0, 0.05) is 7.05 Å². The Morgan fingerprint density at radius 2 is 1.67 bits per heavy atom. The van der Waals surface area contributed by atoms with E-state index in [1.807, 2.05) is 0 Å². The van der Waals surface area contributed by atoms with Crippen molar-refractivity contribution in [1.82, 2.24) is 14.8 Å². The number of amides is 1. The van der Waals surface area contributed by atoms with E-state index >= 15 is 0 Å². The minimum Gasteiger partial charge on any atom is -0.320 e. The largest absolute Gasteiger partial charge is 0.320 e. The Kier molecular flexibility index (Phi) is 5.50. The molecule has 0 unspecified atom stereocenters. The molecule has 0 aliphatic rings. The normalized spacial score (nSPS) is 12.0. The molecule has 1 atom stereocenters. The third-order valence-corrected chi connectivity index (χ3v) is 4.95. The quantitative estimate of drug-likeness (QED) is 0.667. The number of thioether (sulfide) groups is 1. The summed E-state index contributed by atoms with van der Waals surface area (Å²) >= 11 is 1.04. The first-order valence-electron chi connectivity index (χ1n) is 7.94. The number of benzene rings is 2. The van der Waals surface area contributed by atoms with E-state index in [0.29, 0.717) is 11.0 Å². The molecule has 0 aliphatic heterocycles. The van der Waals surface area contributed by atoms with Gasteiger partial charge < -0.3 is 9.88 Å². The highest BCUT2D eigenvalue weighted by molar-refractivity contribution is 8.00. The number of para-hydroxylation sites is 1. The van der Waals surface area contributed by atoms with Crippen molar-refractivity contribution in [1.29, 1.82) is 0 Å². The van der Waals surface area contributed by atoms with Crippen LogP contribution in [0.3, 0.4) is 0 Å². The van der Waals surface area contributed by atoms with Crippen LogP contribution in [0.2, 0.25) is 0 Å². The first kappa shape index (κ1) is 19.0. The third-order valence-electron chi connectivity index (χ3n) is 3.81. The first-order chi connectivity index (χ1) is 12.9. The van der Waals surface area contributed by atoms with Crippen LogP contribution in [0.4, 0.5) is 18.9 Å². The molecular formula is C18H15F3N4OS. The maximum Gasteiger partial charge on any atom is 0.237 e. The van der Waals surface area contributed by atoms with Crippen molar-refractivity contribution >= 4 is 23.4 Å². The van der Waals surface area contributed by atoms with E-state index in [2.05, 4.69) is 15.5 Å². The summed E-state index contributed by atoms with van der Waals surface area (Å²) in [5.41, 5.74) is -0.218. The lowest BCUT2D eigenvalue weighted by Crippen LogP contribution is -2.24. The zero-order chi connectivity index (χ0) is 19.6. The standard InChI is InChI=1S/C18H15F3N4OS/c1-10(17(26)22-15-13(20)8-5-9-14(15)21)27-18-24-23-16(25(18)2)11-6-3-4-7-12(11)19/h3-10H,1-2H3,(H,22,26)/t10-/m1/s1. The molecule has 3 aromatic rings.